The number of benzene rings is 1. The van der Waals surface area contributed by atoms with Gasteiger partial charge in [0.15, 0.2) is 0 Å². The highest BCUT2D eigenvalue weighted by Gasteiger charge is 2.26. The summed E-state index contributed by atoms with van der Waals surface area (Å²) < 4.78 is 13.6. The molecule has 0 amide bonds. The van der Waals surface area contributed by atoms with Crippen LogP contribution in [-0.2, 0) is 16.6 Å². The molecular formula is C14H19FO2. The molecule has 0 aliphatic carbocycles. The lowest BCUT2D eigenvalue weighted by Crippen LogP contribution is -2.23. The smallest absolute Gasteiger partial charge is 0.304 e. The first-order chi connectivity index (χ1) is 7.77. The molecule has 0 unspecified atom stereocenters. The molecular weight excluding hydrogens is 219 g/mol. The second kappa shape index (κ2) is 4.86. The van der Waals surface area contributed by atoms with Crippen molar-refractivity contribution in [2.24, 2.45) is 0 Å². The summed E-state index contributed by atoms with van der Waals surface area (Å²) in [6.07, 6.45) is 0.658. The van der Waals surface area contributed by atoms with E-state index < -0.39 is 11.4 Å². The highest BCUT2D eigenvalue weighted by atomic mass is 19.1. The highest BCUT2D eigenvalue weighted by molar-refractivity contribution is 5.69. The molecule has 0 fully saturated rings. The van der Waals surface area contributed by atoms with E-state index in [2.05, 4.69) is 0 Å². The number of aliphatic carboxylic acids is 1. The fourth-order valence-corrected chi connectivity index (χ4v) is 2.19. The van der Waals surface area contributed by atoms with Gasteiger partial charge in [-0.05, 0) is 36.1 Å². The standard InChI is InChI=1S/C14H19FO2/c1-5-10-7-11(9(2)6-12(10)15)14(3,4)8-13(16)17/h6-7H,5,8H2,1-4H3,(H,16,17). The van der Waals surface area contributed by atoms with Gasteiger partial charge in [-0.1, -0.05) is 26.8 Å². The normalized spacial score (nSPS) is 11.6. The molecule has 0 aromatic heterocycles. The molecule has 0 saturated heterocycles. The zero-order valence-corrected chi connectivity index (χ0v) is 10.8. The molecule has 0 radical (unpaired) electrons. The van der Waals surface area contributed by atoms with E-state index in [4.69, 9.17) is 5.11 Å². The minimum absolute atomic E-state index is 0.0443. The first kappa shape index (κ1) is 13.7. The lowest BCUT2D eigenvalue weighted by atomic mass is 9.78. The first-order valence-corrected chi connectivity index (χ1v) is 5.79. The van der Waals surface area contributed by atoms with Gasteiger partial charge in [0.25, 0.3) is 0 Å². The largest absolute Gasteiger partial charge is 0.481 e. The Balaban J connectivity index is 3.25. The molecule has 3 heteroatoms. The van der Waals surface area contributed by atoms with Gasteiger partial charge in [0.2, 0.25) is 0 Å². The van der Waals surface area contributed by atoms with Gasteiger partial charge in [0.05, 0.1) is 6.42 Å². The van der Waals surface area contributed by atoms with Gasteiger partial charge in [-0.2, -0.15) is 0 Å². The SMILES string of the molecule is CCc1cc(C(C)(C)CC(=O)O)c(C)cc1F. The number of aryl methyl sites for hydroxylation is 2. The molecule has 1 N–H and O–H groups in total. The number of hydrogen-bond donors (Lipinski definition) is 1. The Kier molecular flexibility index (Phi) is 3.91. The topological polar surface area (TPSA) is 37.3 Å². The molecule has 0 aliphatic rings. The maximum atomic E-state index is 13.6. The maximum Gasteiger partial charge on any atom is 0.304 e. The van der Waals surface area contributed by atoms with Crippen LogP contribution in [0.5, 0.6) is 0 Å². The van der Waals surface area contributed by atoms with Gasteiger partial charge in [-0.15, -0.1) is 0 Å². The summed E-state index contributed by atoms with van der Waals surface area (Å²) in [5.41, 5.74) is 1.89. The second-order valence-electron chi connectivity index (χ2n) is 5.07. The molecule has 0 aliphatic heterocycles. The summed E-state index contributed by atoms with van der Waals surface area (Å²) in [5, 5.41) is 8.91. The van der Waals surface area contributed by atoms with Crippen LogP contribution in [0.2, 0.25) is 0 Å². The Morgan fingerprint density at radius 2 is 2.00 bits per heavy atom. The van der Waals surface area contributed by atoms with Crippen molar-refractivity contribution in [3.05, 3.63) is 34.6 Å². The Morgan fingerprint density at radius 1 is 1.41 bits per heavy atom. The van der Waals surface area contributed by atoms with Crippen LogP contribution in [-0.4, -0.2) is 11.1 Å². The molecule has 1 rings (SSSR count). The molecule has 0 heterocycles. The fourth-order valence-electron chi connectivity index (χ4n) is 2.19. The Labute approximate surface area is 101 Å². The van der Waals surface area contributed by atoms with Crippen LogP contribution in [0.25, 0.3) is 0 Å². The van der Waals surface area contributed by atoms with E-state index in [1.54, 1.807) is 6.07 Å². The van der Waals surface area contributed by atoms with Crippen molar-refractivity contribution in [2.45, 2.75) is 46.0 Å². The van der Waals surface area contributed by atoms with Crippen molar-refractivity contribution >= 4 is 5.97 Å². The Hall–Kier alpha value is -1.38. The lowest BCUT2D eigenvalue weighted by molar-refractivity contribution is -0.138. The summed E-state index contributed by atoms with van der Waals surface area (Å²) >= 11 is 0. The molecule has 1 aromatic carbocycles. The van der Waals surface area contributed by atoms with Crippen molar-refractivity contribution in [2.75, 3.05) is 0 Å². The number of carboxylic acids is 1. The first-order valence-electron chi connectivity index (χ1n) is 5.79. The van der Waals surface area contributed by atoms with Gasteiger partial charge in [-0.25, -0.2) is 4.39 Å². The van der Waals surface area contributed by atoms with Crippen LogP contribution >= 0.6 is 0 Å². The van der Waals surface area contributed by atoms with E-state index in [-0.39, 0.29) is 12.2 Å². The number of carbonyl (C=O) groups is 1. The van der Waals surface area contributed by atoms with Gasteiger partial charge >= 0.3 is 5.97 Å². The zero-order valence-electron chi connectivity index (χ0n) is 10.8. The van der Waals surface area contributed by atoms with Crippen LogP contribution in [0, 0.1) is 12.7 Å². The average molecular weight is 238 g/mol. The van der Waals surface area contributed by atoms with Crippen molar-refractivity contribution in [3.8, 4) is 0 Å². The van der Waals surface area contributed by atoms with Crippen LogP contribution < -0.4 is 0 Å². The third-order valence-electron chi connectivity index (χ3n) is 3.10. The molecule has 0 atom stereocenters. The molecule has 0 bridgehead atoms. The number of carboxylic acid groups (broad SMARTS) is 1. The van der Waals surface area contributed by atoms with E-state index in [9.17, 15) is 9.18 Å². The Bertz CT molecular complexity index is 436. The average Bonchev–Trinajstić information content (AvgIpc) is 2.15. The summed E-state index contributed by atoms with van der Waals surface area (Å²) in [5.74, 6) is -1.04. The quantitative estimate of drug-likeness (QED) is 0.872. The minimum atomic E-state index is -0.836. The van der Waals surface area contributed by atoms with E-state index >= 15 is 0 Å². The highest BCUT2D eigenvalue weighted by Crippen LogP contribution is 2.31. The Morgan fingerprint density at radius 3 is 2.47 bits per heavy atom. The van der Waals surface area contributed by atoms with Gasteiger partial charge in [0.1, 0.15) is 5.82 Å². The third-order valence-corrected chi connectivity index (χ3v) is 3.10. The number of rotatable bonds is 4. The summed E-state index contributed by atoms with van der Waals surface area (Å²) in [7, 11) is 0. The molecule has 2 nitrogen and oxygen atoms in total. The van der Waals surface area contributed by atoms with Gasteiger partial charge in [0, 0.05) is 5.41 Å². The molecule has 94 valence electrons. The van der Waals surface area contributed by atoms with E-state index in [0.29, 0.717) is 12.0 Å². The predicted octanol–water partition coefficient (Wildman–Crippen LogP) is 3.45. The lowest BCUT2D eigenvalue weighted by Gasteiger charge is -2.26. The third kappa shape index (κ3) is 3.05. The number of halogens is 1. The van der Waals surface area contributed by atoms with Gasteiger partial charge in [-0.3, -0.25) is 4.79 Å². The monoisotopic (exact) mass is 238 g/mol. The van der Waals surface area contributed by atoms with Crippen molar-refractivity contribution in [1.29, 1.82) is 0 Å². The van der Waals surface area contributed by atoms with Crippen molar-refractivity contribution in [3.63, 3.8) is 0 Å². The van der Waals surface area contributed by atoms with Crippen LogP contribution in [0.1, 0.15) is 43.9 Å². The molecule has 0 saturated carbocycles. The fraction of sp³-hybridized carbons (Fsp3) is 0.500. The predicted molar refractivity (Wildman–Crippen MR) is 65.8 cm³/mol. The van der Waals surface area contributed by atoms with Crippen molar-refractivity contribution in [1.82, 2.24) is 0 Å². The van der Waals surface area contributed by atoms with Crippen molar-refractivity contribution < 1.29 is 14.3 Å². The number of hydrogen-bond acceptors (Lipinski definition) is 1. The minimum Gasteiger partial charge on any atom is -0.481 e. The van der Waals surface area contributed by atoms with Crippen LogP contribution in [0.4, 0.5) is 4.39 Å². The molecule has 0 spiro atoms. The summed E-state index contributed by atoms with van der Waals surface area (Å²) in [4.78, 5) is 10.8. The maximum absolute atomic E-state index is 13.6. The second-order valence-corrected chi connectivity index (χ2v) is 5.07. The van der Waals surface area contributed by atoms with Gasteiger partial charge < -0.3 is 5.11 Å². The van der Waals surface area contributed by atoms with Crippen LogP contribution in [0.3, 0.4) is 0 Å². The van der Waals surface area contributed by atoms with E-state index in [1.165, 1.54) is 6.07 Å². The van der Waals surface area contributed by atoms with E-state index in [0.717, 1.165) is 11.1 Å². The van der Waals surface area contributed by atoms with Crippen LogP contribution in [0.15, 0.2) is 12.1 Å². The zero-order chi connectivity index (χ0) is 13.2. The summed E-state index contributed by atoms with van der Waals surface area (Å²) in [6, 6.07) is 3.30. The molecule has 1 aromatic rings. The summed E-state index contributed by atoms with van der Waals surface area (Å²) in [6.45, 7) is 7.46. The molecule has 17 heavy (non-hydrogen) atoms. The van der Waals surface area contributed by atoms with E-state index in [1.807, 2.05) is 27.7 Å².